The van der Waals surface area contributed by atoms with E-state index in [-0.39, 0.29) is 25.0 Å². The van der Waals surface area contributed by atoms with Gasteiger partial charge >= 0.3 is 0 Å². The topological polar surface area (TPSA) is 81.6 Å². The SMILES string of the molecule is N/C=C(\N)COC1CCN(C(=O)Cc2ccc(F)c(F)c2)CC1. The molecule has 0 bridgehead atoms. The van der Waals surface area contributed by atoms with Crippen molar-refractivity contribution in [2.75, 3.05) is 19.7 Å². The number of nitrogens with two attached hydrogens (primary N) is 2. The summed E-state index contributed by atoms with van der Waals surface area (Å²) in [5.41, 5.74) is 11.8. The molecule has 23 heavy (non-hydrogen) atoms. The average molecular weight is 325 g/mol. The first-order chi connectivity index (χ1) is 11.0. The molecule has 0 radical (unpaired) electrons. The van der Waals surface area contributed by atoms with Crippen LogP contribution in [0.15, 0.2) is 30.1 Å². The summed E-state index contributed by atoms with van der Waals surface area (Å²) in [6.45, 7) is 1.42. The largest absolute Gasteiger partial charge is 0.403 e. The van der Waals surface area contributed by atoms with Crippen molar-refractivity contribution in [2.24, 2.45) is 11.5 Å². The molecule has 1 aromatic carbocycles. The van der Waals surface area contributed by atoms with E-state index >= 15 is 0 Å². The third kappa shape index (κ3) is 4.92. The molecule has 1 aromatic rings. The maximum Gasteiger partial charge on any atom is 0.226 e. The van der Waals surface area contributed by atoms with Crippen LogP contribution in [-0.4, -0.2) is 36.6 Å². The van der Waals surface area contributed by atoms with Crippen LogP contribution in [0.1, 0.15) is 18.4 Å². The average Bonchev–Trinajstić information content (AvgIpc) is 2.56. The lowest BCUT2D eigenvalue weighted by Crippen LogP contribution is -2.41. The Morgan fingerprint density at radius 3 is 2.61 bits per heavy atom. The molecule has 0 atom stereocenters. The highest BCUT2D eigenvalue weighted by Gasteiger charge is 2.23. The van der Waals surface area contributed by atoms with E-state index in [1.165, 1.54) is 12.3 Å². The number of rotatable bonds is 5. The van der Waals surface area contributed by atoms with Gasteiger partial charge in [-0.3, -0.25) is 4.79 Å². The van der Waals surface area contributed by atoms with Gasteiger partial charge in [-0.15, -0.1) is 0 Å². The predicted octanol–water partition coefficient (Wildman–Crippen LogP) is 1.27. The summed E-state index contributed by atoms with van der Waals surface area (Å²) in [5.74, 6) is -1.95. The number of nitrogens with zero attached hydrogens (tertiary/aromatic N) is 1. The van der Waals surface area contributed by atoms with Gasteiger partial charge < -0.3 is 21.1 Å². The third-order valence-electron chi connectivity index (χ3n) is 3.83. The van der Waals surface area contributed by atoms with Gasteiger partial charge in [-0.05, 0) is 30.5 Å². The fourth-order valence-corrected chi connectivity index (χ4v) is 2.47. The van der Waals surface area contributed by atoms with Gasteiger partial charge in [-0.2, -0.15) is 0 Å². The van der Waals surface area contributed by atoms with E-state index in [9.17, 15) is 13.6 Å². The molecule has 0 aliphatic carbocycles. The van der Waals surface area contributed by atoms with Crippen molar-refractivity contribution in [3.8, 4) is 0 Å². The fraction of sp³-hybridized carbons (Fsp3) is 0.438. The van der Waals surface area contributed by atoms with E-state index in [1.54, 1.807) is 4.90 Å². The molecule has 1 fully saturated rings. The van der Waals surface area contributed by atoms with Gasteiger partial charge in [0.2, 0.25) is 5.91 Å². The van der Waals surface area contributed by atoms with Crippen LogP contribution in [0.4, 0.5) is 8.78 Å². The zero-order valence-electron chi connectivity index (χ0n) is 12.8. The van der Waals surface area contributed by atoms with Crippen molar-refractivity contribution < 1.29 is 18.3 Å². The van der Waals surface area contributed by atoms with Crippen LogP contribution in [0, 0.1) is 11.6 Å². The van der Waals surface area contributed by atoms with Crippen LogP contribution in [0.5, 0.6) is 0 Å². The Labute approximate surface area is 133 Å². The molecule has 1 aliphatic heterocycles. The summed E-state index contributed by atoms with van der Waals surface area (Å²) in [6.07, 6.45) is 2.83. The highest BCUT2D eigenvalue weighted by atomic mass is 19.2. The second-order valence-corrected chi connectivity index (χ2v) is 5.56. The lowest BCUT2D eigenvalue weighted by molar-refractivity contribution is -0.133. The summed E-state index contributed by atoms with van der Waals surface area (Å²) in [5, 5.41) is 0. The summed E-state index contributed by atoms with van der Waals surface area (Å²) < 4.78 is 31.7. The van der Waals surface area contributed by atoms with Crippen LogP contribution in [0.3, 0.4) is 0 Å². The van der Waals surface area contributed by atoms with Gasteiger partial charge in [0.1, 0.15) is 0 Å². The number of hydrogen-bond donors (Lipinski definition) is 2. The Kier molecular flexibility index (Phi) is 5.92. The smallest absolute Gasteiger partial charge is 0.226 e. The third-order valence-corrected chi connectivity index (χ3v) is 3.83. The number of piperidine rings is 1. The molecular formula is C16H21F2N3O2. The van der Waals surface area contributed by atoms with Crippen LogP contribution >= 0.6 is 0 Å². The lowest BCUT2D eigenvalue weighted by Gasteiger charge is -2.32. The number of halogens is 2. The van der Waals surface area contributed by atoms with E-state index in [4.69, 9.17) is 16.2 Å². The molecule has 0 aromatic heterocycles. The van der Waals surface area contributed by atoms with Crippen LogP contribution in [0.25, 0.3) is 0 Å². The zero-order valence-corrected chi connectivity index (χ0v) is 12.8. The van der Waals surface area contributed by atoms with Crippen LogP contribution in [-0.2, 0) is 16.0 Å². The summed E-state index contributed by atoms with van der Waals surface area (Å²) in [7, 11) is 0. The molecule has 2 rings (SSSR count). The number of carbonyl (C=O) groups is 1. The monoisotopic (exact) mass is 325 g/mol. The molecule has 1 aliphatic rings. The van der Waals surface area contributed by atoms with Gasteiger partial charge in [0.05, 0.1) is 24.8 Å². The van der Waals surface area contributed by atoms with Gasteiger partial charge in [0.15, 0.2) is 11.6 Å². The van der Waals surface area contributed by atoms with Crippen LogP contribution in [0.2, 0.25) is 0 Å². The van der Waals surface area contributed by atoms with E-state index < -0.39 is 11.6 Å². The van der Waals surface area contributed by atoms with Crippen molar-refractivity contribution >= 4 is 5.91 Å². The van der Waals surface area contributed by atoms with E-state index in [2.05, 4.69) is 0 Å². The second-order valence-electron chi connectivity index (χ2n) is 5.56. The number of amides is 1. The minimum Gasteiger partial charge on any atom is -0.403 e. The maximum absolute atomic E-state index is 13.2. The molecule has 0 unspecified atom stereocenters. The van der Waals surface area contributed by atoms with Crippen LogP contribution < -0.4 is 11.5 Å². The van der Waals surface area contributed by atoms with E-state index in [0.29, 0.717) is 37.2 Å². The molecule has 1 saturated heterocycles. The predicted molar refractivity (Wildman–Crippen MR) is 82.1 cm³/mol. The Morgan fingerprint density at radius 2 is 2.00 bits per heavy atom. The first-order valence-electron chi connectivity index (χ1n) is 7.49. The summed E-state index contributed by atoms with van der Waals surface area (Å²) in [4.78, 5) is 13.9. The van der Waals surface area contributed by atoms with Gasteiger partial charge in [0, 0.05) is 19.3 Å². The zero-order chi connectivity index (χ0) is 16.8. The Bertz CT molecular complexity index is 585. The summed E-state index contributed by atoms with van der Waals surface area (Å²) >= 11 is 0. The van der Waals surface area contributed by atoms with Crippen molar-refractivity contribution in [1.82, 2.24) is 4.90 Å². The molecular weight excluding hydrogens is 304 g/mol. The van der Waals surface area contributed by atoms with Gasteiger partial charge in [0.25, 0.3) is 0 Å². The Morgan fingerprint density at radius 1 is 1.30 bits per heavy atom. The van der Waals surface area contributed by atoms with Crippen molar-refractivity contribution in [3.05, 3.63) is 47.3 Å². The molecule has 0 spiro atoms. The molecule has 1 heterocycles. The van der Waals surface area contributed by atoms with Gasteiger partial charge in [-0.25, -0.2) is 8.78 Å². The quantitative estimate of drug-likeness (QED) is 0.854. The lowest BCUT2D eigenvalue weighted by atomic mass is 10.1. The molecule has 5 nitrogen and oxygen atoms in total. The molecule has 126 valence electrons. The first-order valence-corrected chi connectivity index (χ1v) is 7.49. The maximum atomic E-state index is 13.2. The van der Waals surface area contributed by atoms with E-state index in [1.807, 2.05) is 0 Å². The molecule has 4 N–H and O–H groups in total. The van der Waals surface area contributed by atoms with Crippen molar-refractivity contribution in [2.45, 2.75) is 25.4 Å². The first kappa shape index (κ1) is 17.2. The number of benzene rings is 1. The fourth-order valence-electron chi connectivity index (χ4n) is 2.47. The molecule has 7 heteroatoms. The normalized spacial score (nSPS) is 16.6. The number of likely N-dealkylation sites (tertiary alicyclic amines) is 1. The van der Waals surface area contributed by atoms with E-state index in [0.717, 1.165) is 12.1 Å². The highest BCUT2D eigenvalue weighted by Crippen LogP contribution is 2.16. The Hall–Kier alpha value is -2.15. The number of carbonyl (C=O) groups excluding carboxylic acids is 1. The molecule has 0 saturated carbocycles. The van der Waals surface area contributed by atoms with Gasteiger partial charge in [-0.1, -0.05) is 6.07 Å². The Balaban J connectivity index is 1.80. The minimum atomic E-state index is -0.937. The molecule has 1 amide bonds. The van der Waals surface area contributed by atoms with Crippen molar-refractivity contribution in [3.63, 3.8) is 0 Å². The number of ether oxygens (including phenoxy) is 1. The standard InChI is InChI=1S/C16H21F2N3O2/c17-14-2-1-11(7-15(14)18)8-16(22)21-5-3-13(4-6-21)23-10-12(20)9-19/h1-2,7,9,13H,3-6,8,10,19-20H2/b12-9-. The van der Waals surface area contributed by atoms with Crippen molar-refractivity contribution in [1.29, 1.82) is 0 Å². The second kappa shape index (κ2) is 7.92. The summed E-state index contributed by atoms with van der Waals surface area (Å²) in [6, 6.07) is 3.52. The highest BCUT2D eigenvalue weighted by molar-refractivity contribution is 5.78. The minimum absolute atomic E-state index is 0.0424. The number of hydrogen-bond acceptors (Lipinski definition) is 4.